The zero-order valence-corrected chi connectivity index (χ0v) is 15.2. The molecule has 0 spiro atoms. The number of aryl methyl sites for hydroxylation is 1. The van der Waals surface area contributed by atoms with E-state index >= 15 is 0 Å². The predicted octanol–water partition coefficient (Wildman–Crippen LogP) is 3.19. The van der Waals surface area contributed by atoms with Crippen LogP contribution in [0.3, 0.4) is 0 Å². The largest absolute Gasteiger partial charge is 0.378 e. The summed E-state index contributed by atoms with van der Waals surface area (Å²) in [5.74, 6) is 0.858. The van der Waals surface area contributed by atoms with E-state index in [0.717, 1.165) is 74.8 Å². The fraction of sp³-hybridized carbons (Fsp3) is 0.500. The van der Waals surface area contributed by atoms with Gasteiger partial charge in [-0.3, -0.25) is 4.79 Å². The number of likely N-dealkylation sites (tertiary alicyclic amines) is 1. The van der Waals surface area contributed by atoms with Crippen molar-refractivity contribution in [1.29, 1.82) is 0 Å². The molecule has 2 aromatic rings. The van der Waals surface area contributed by atoms with Gasteiger partial charge in [0.25, 0.3) is 5.91 Å². The Balaban J connectivity index is 1.51. The van der Waals surface area contributed by atoms with Crippen LogP contribution in [0.2, 0.25) is 0 Å². The molecule has 0 radical (unpaired) electrons. The van der Waals surface area contributed by atoms with Gasteiger partial charge in [0.05, 0.1) is 19.3 Å². The molecular weight excluding hydrogens is 330 g/mol. The summed E-state index contributed by atoms with van der Waals surface area (Å²) in [7, 11) is 0. The molecule has 1 aromatic carbocycles. The Bertz CT molecular complexity index is 750. The first-order chi connectivity index (χ1) is 12.7. The maximum absolute atomic E-state index is 13.1. The minimum Gasteiger partial charge on any atom is -0.378 e. The van der Waals surface area contributed by atoms with Gasteiger partial charge in [0.15, 0.2) is 0 Å². The van der Waals surface area contributed by atoms with E-state index in [4.69, 9.17) is 9.26 Å². The van der Waals surface area contributed by atoms with Crippen LogP contribution in [-0.2, 0) is 4.74 Å². The van der Waals surface area contributed by atoms with E-state index in [2.05, 4.69) is 10.1 Å². The van der Waals surface area contributed by atoms with Crippen molar-refractivity contribution in [2.24, 2.45) is 0 Å². The average molecular weight is 355 g/mol. The van der Waals surface area contributed by atoms with Crippen LogP contribution >= 0.6 is 0 Å². The van der Waals surface area contributed by atoms with E-state index in [1.165, 1.54) is 0 Å². The van der Waals surface area contributed by atoms with E-state index in [1.807, 2.05) is 42.2 Å². The Labute approximate surface area is 153 Å². The zero-order chi connectivity index (χ0) is 17.9. The number of carbonyl (C=O) groups is 1. The van der Waals surface area contributed by atoms with E-state index in [1.54, 1.807) is 0 Å². The second kappa shape index (κ2) is 7.50. The van der Waals surface area contributed by atoms with Crippen molar-refractivity contribution in [3.05, 3.63) is 47.3 Å². The molecule has 138 valence electrons. The third kappa shape index (κ3) is 3.46. The van der Waals surface area contributed by atoms with Gasteiger partial charge in [0.2, 0.25) is 0 Å². The molecule has 0 N–H and O–H groups in total. The summed E-state index contributed by atoms with van der Waals surface area (Å²) in [6, 6.07) is 9.90. The Kier molecular flexibility index (Phi) is 4.93. The second-order valence-electron chi connectivity index (χ2n) is 7.02. The average Bonchev–Trinajstić information content (AvgIpc) is 3.14. The molecule has 1 aromatic heterocycles. The lowest BCUT2D eigenvalue weighted by Gasteiger charge is -2.34. The normalized spacial score (nSPS) is 21.0. The van der Waals surface area contributed by atoms with E-state index in [-0.39, 0.29) is 11.9 Å². The van der Waals surface area contributed by atoms with Crippen molar-refractivity contribution in [3.63, 3.8) is 0 Å². The molecule has 26 heavy (non-hydrogen) atoms. The molecule has 6 heteroatoms. The Morgan fingerprint density at radius 2 is 1.88 bits per heavy atom. The van der Waals surface area contributed by atoms with E-state index < -0.39 is 0 Å². The summed E-state index contributed by atoms with van der Waals surface area (Å²) in [6.07, 6.45) is 3.07. The number of rotatable bonds is 3. The Hall–Kier alpha value is -2.34. The number of benzene rings is 1. The van der Waals surface area contributed by atoms with Crippen LogP contribution in [0.5, 0.6) is 0 Å². The van der Waals surface area contributed by atoms with Crippen molar-refractivity contribution >= 4 is 11.6 Å². The fourth-order valence-corrected chi connectivity index (χ4v) is 3.83. The van der Waals surface area contributed by atoms with Crippen LogP contribution in [0.25, 0.3) is 0 Å². The highest BCUT2D eigenvalue weighted by molar-refractivity contribution is 5.95. The Morgan fingerprint density at radius 1 is 1.12 bits per heavy atom. The molecule has 4 rings (SSSR count). The van der Waals surface area contributed by atoms with Gasteiger partial charge in [-0.05, 0) is 50.5 Å². The lowest BCUT2D eigenvalue weighted by molar-refractivity contribution is 0.0602. The van der Waals surface area contributed by atoms with Crippen LogP contribution in [0.15, 0.2) is 34.9 Å². The lowest BCUT2D eigenvalue weighted by Crippen LogP contribution is -2.38. The molecule has 2 aliphatic heterocycles. The fourth-order valence-electron chi connectivity index (χ4n) is 3.83. The number of anilines is 1. The standard InChI is InChI=1S/C20H25N3O3/c1-15-14-18(21-26-15)19-4-2-3-9-23(19)20(24)16-5-7-17(8-6-16)22-10-12-25-13-11-22/h5-8,14,19H,2-4,9-13H2,1H3/t19-/m1/s1. The van der Waals surface area contributed by atoms with E-state index in [9.17, 15) is 4.79 Å². The Morgan fingerprint density at radius 3 is 2.58 bits per heavy atom. The molecule has 0 unspecified atom stereocenters. The van der Waals surface area contributed by atoms with Crippen LogP contribution < -0.4 is 4.90 Å². The third-order valence-electron chi connectivity index (χ3n) is 5.24. The third-order valence-corrected chi connectivity index (χ3v) is 5.24. The van der Waals surface area contributed by atoms with Gasteiger partial charge in [0, 0.05) is 37.0 Å². The molecule has 2 fully saturated rings. The van der Waals surface area contributed by atoms with Gasteiger partial charge in [-0.1, -0.05) is 5.16 Å². The number of ether oxygens (including phenoxy) is 1. The molecule has 2 saturated heterocycles. The number of morpholine rings is 1. The maximum atomic E-state index is 13.1. The first-order valence-electron chi connectivity index (χ1n) is 9.39. The van der Waals surface area contributed by atoms with Crippen LogP contribution in [-0.4, -0.2) is 48.8 Å². The van der Waals surface area contributed by atoms with Gasteiger partial charge in [-0.25, -0.2) is 0 Å². The number of nitrogens with zero attached hydrogens (tertiary/aromatic N) is 3. The van der Waals surface area contributed by atoms with Crippen LogP contribution in [0.4, 0.5) is 5.69 Å². The quantitative estimate of drug-likeness (QED) is 0.846. The highest BCUT2D eigenvalue weighted by Gasteiger charge is 2.30. The van der Waals surface area contributed by atoms with Gasteiger partial charge in [-0.2, -0.15) is 0 Å². The smallest absolute Gasteiger partial charge is 0.254 e. The molecule has 0 saturated carbocycles. The molecule has 0 aliphatic carbocycles. The molecule has 3 heterocycles. The summed E-state index contributed by atoms with van der Waals surface area (Å²) in [5.41, 5.74) is 2.74. The molecular formula is C20H25N3O3. The SMILES string of the molecule is Cc1cc([C@H]2CCCCN2C(=O)c2ccc(N3CCOCC3)cc2)no1. The predicted molar refractivity (Wildman–Crippen MR) is 98.3 cm³/mol. The number of hydrogen-bond acceptors (Lipinski definition) is 5. The van der Waals surface area contributed by atoms with Gasteiger partial charge < -0.3 is 19.1 Å². The molecule has 6 nitrogen and oxygen atoms in total. The van der Waals surface area contributed by atoms with Crippen LogP contribution in [0, 0.1) is 6.92 Å². The zero-order valence-electron chi connectivity index (χ0n) is 15.2. The van der Waals surface area contributed by atoms with Crippen molar-refractivity contribution in [3.8, 4) is 0 Å². The van der Waals surface area contributed by atoms with Crippen LogP contribution in [0.1, 0.15) is 47.1 Å². The van der Waals surface area contributed by atoms with E-state index in [0.29, 0.717) is 0 Å². The highest BCUT2D eigenvalue weighted by atomic mass is 16.5. The molecule has 1 amide bonds. The number of hydrogen-bond donors (Lipinski definition) is 0. The van der Waals surface area contributed by atoms with Crippen molar-refractivity contribution in [1.82, 2.24) is 10.1 Å². The monoisotopic (exact) mass is 355 g/mol. The summed E-state index contributed by atoms with van der Waals surface area (Å²) in [5, 5.41) is 4.15. The maximum Gasteiger partial charge on any atom is 0.254 e. The first-order valence-corrected chi connectivity index (χ1v) is 9.39. The lowest BCUT2D eigenvalue weighted by atomic mass is 9.98. The summed E-state index contributed by atoms with van der Waals surface area (Å²) < 4.78 is 10.6. The molecule has 2 aliphatic rings. The number of amides is 1. The molecule has 0 bridgehead atoms. The van der Waals surface area contributed by atoms with Gasteiger partial charge >= 0.3 is 0 Å². The highest BCUT2D eigenvalue weighted by Crippen LogP contribution is 2.32. The summed E-state index contributed by atoms with van der Waals surface area (Å²) >= 11 is 0. The van der Waals surface area contributed by atoms with Crippen molar-refractivity contribution in [2.75, 3.05) is 37.7 Å². The van der Waals surface area contributed by atoms with Gasteiger partial charge in [0.1, 0.15) is 11.5 Å². The topological polar surface area (TPSA) is 58.8 Å². The van der Waals surface area contributed by atoms with Gasteiger partial charge in [-0.15, -0.1) is 0 Å². The second-order valence-corrected chi connectivity index (χ2v) is 7.02. The summed E-state index contributed by atoms with van der Waals surface area (Å²) in [4.78, 5) is 17.4. The summed E-state index contributed by atoms with van der Waals surface area (Å²) in [6.45, 7) is 5.96. The first kappa shape index (κ1) is 17.1. The number of piperidine rings is 1. The van der Waals surface area contributed by atoms with Crippen molar-refractivity contribution in [2.45, 2.75) is 32.2 Å². The number of carbonyl (C=O) groups excluding carboxylic acids is 1. The minimum atomic E-state index is 0.00706. The van der Waals surface area contributed by atoms with Crippen molar-refractivity contribution < 1.29 is 14.1 Å². The molecule has 1 atom stereocenters. The number of aromatic nitrogens is 1. The minimum absolute atomic E-state index is 0.00706.